The van der Waals surface area contributed by atoms with Crippen molar-refractivity contribution in [2.75, 3.05) is 12.1 Å². The number of amides is 3. The fourth-order valence-electron chi connectivity index (χ4n) is 6.27. The lowest BCUT2D eigenvalue weighted by molar-refractivity contribution is -0.143. The second kappa shape index (κ2) is 8.21. The van der Waals surface area contributed by atoms with Crippen molar-refractivity contribution in [3.8, 4) is 17.2 Å². The number of hydrogen-bond donors (Lipinski definition) is 3. The Kier molecular flexibility index (Phi) is 4.98. The minimum absolute atomic E-state index is 0.0489. The summed E-state index contributed by atoms with van der Waals surface area (Å²) in [4.78, 5) is 42.8. The Bertz CT molecular complexity index is 1530. The molecule has 3 aromatic carbocycles. The normalized spacial score (nSPS) is 26.7. The molecule has 10 heteroatoms. The molecule has 38 heavy (non-hydrogen) atoms. The molecular weight excluding hydrogens is 510 g/mol. The Labute approximate surface area is 222 Å². The lowest BCUT2D eigenvalue weighted by atomic mass is 9.76. The highest BCUT2D eigenvalue weighted by Crippen LogP contribution is 2.54. The van der Waals surface area contributed by atoms with Crippen LogP contribution in [-0.4, -0.2) is 40.6 Å². The molecule has 2 saturated heterocycles. The van der Waals surface area contributed by atoms with Crippen LogP contribution in [0.15, 0.2) is 60.7 Å². The number of hydrogen-bond acceptors (Lipinski definition) is 7. The average molecular weight is 532 g/mol. The van der Waals surface area contributed by atoms with Gasteiger partial charge in [-0.25, -0.2) is 0 Å². The molecule has 4 aliphatic heterocycles. The van der Waals surface area contributed by atoms with Crippen molar-refractivity contribution >= 4 is 35.0 Å². The van der Waals surface area contributed by atoms with E-state index in [9.17, 15) is 19.5 Å². The first-order valence-electron chi connectivity index (χ1n) is 12.3. The lowest BCUT2D eigenvalue weighted by Crippen LogP contribution is -2.53. The Morgan fingerprint density at radius 3 is 2.53 bits per heavy atom. The van der Waals surface area contributed by atoms with Crippen molar-refractivity contribution in [1.29, 1.82) is 0 Å². The Balaban J connectivity index is 1.30. The number of phenolic OH excluding ortho intramolecular Hbond substituents is 1. The van der Waals surface area contributed by atoms with Crippen LogP contribution in [0.2, 0.25) is 5.02 Å². The van der Waals surface area contributed by atoms with Crippen LogP contribution in [-0.2, 0) is 32.9 Å². The zero-order valence-electron chi connectivity index (χ0n) is 19.9. The van der Waals surface area contributed by atoms with Gasteiger partial charge < -0.3 is 19.9 Å². The molecule has 0 aromatic heterocycles. The predicted octanol–water partition coefficient (Wildman–Crippen LogP) is 2.94. The topological polar surface area (TPSA) is 117 Å². The molecule has 4 aliphatic rings. The molecule has 3 N–H and O–H groups in total. The molecule has 0 unspecified atom stereocenters. The number of benzene rings is 3. The quantitative estimate of drug-likeness (QED) is 0.443. The van der Waals surface area contributed by atoms with Crippen molar-refractivity contribution in [3.63, 3.8) is 0 Å². The van der Waals surface area contributed by atoms with E-state index < -0.39 is 29.3 Å². The molecule has 2 fully saturated rings. The summed E-state index contributed by atoms with van der Waals surface area (Å²) in [6, 6.07) is 16.5. The number of fused-ring (bicyclic) bond motifs is 5. The molecule has 7 rings (SSSR count). The van der Waals surface area contributed by atoms with Crippen molar-refractivity contribution < 1.29 is 29.0 Å². The highest BCUT2D eigenvalue weighted by Gasteiger charge is 2.70. The number of nitrogens with zero attached hydrogens (tertiary/aromatic N) is 1. The van der Waals surface area contributed by atoms with Gasteiger partial charge in [-0.15, -0.1) is 0 Å². The Hall–Kier alpha value is -4.08. The third-order valence-corrected chi connectivity index (χ3v) is 8.17. The van der Waals surface area contributed by atoms with E-state index in [-0.39, 0.29) is 30.9 Å². The summed E-state index contributed by atoms with van der Waals surface area (Å²) in [5, 5.41) is 16.4. The molecule has 4 atom stereocenters. The van der Waals surface area contributed by atoms with Crippen LogP contribution in [0.3, 0.4) is 0 Å². The van der Waals surface area contributed by atoms with Gasteiger partial charge in [0.25, 0.3) is 0 Å². The second-order valence-corrected chi connectivity index (χ2v) is 10.5. The van der Waals surface area contributed by atoms with Gasteiger partial charge in [-0.1, -0.05) is 29.8 Å². The largest absolute Gasteiger partial charge is 0.508 e. The monoisotopic (exact) mass is 531 g/mol. The smallest absolute Gasteiger partial charge is 0.250 e. The maximum Gasteiger partial charge on any atom is 0.250 e. The van der Waals surface area contributed by atoms with Gasteiger partial charge in [-0.2, -0.15) is 0 Å². The van der Waals surface area contributed by atoms with E-state index in [1.54, 1.807) is 60.7 Å². The number of carbonyl (C=O) groups excluding carboxylic acids is 3. The van der Waals surface area contributed by atoms with Crippen LogP contribution in [0, 0.1) is 11.8 Å². The Morgan fingerprint density at radius 1 is 0.947 bits per heavy atom. The number of phenols is 1. The average Bonchev–Trinajstić information content (AvgIpc) is 3.63. The molecule has 4 heterocycles. The summed E-state index contributed by atoms with van der Waals surface area (Å²) in [6.07, 6.45) is 0.378. The first kappa shape index (κ1) is 23.1. The number of carbonyl (C=O) groups is 3. The molecule has 0 bridgehead atoms. The fourth-order valence-corrected chi connectivity index (χ4v) is 6.44. The van der Waals surface area contributed by atoms with E-state index in [2.05, 4.69) is 10.6 Å². The summed E-state index contributed by atoms with van der Waals surface area (Å²) in [6.45, 7) is 0.169. The van der Waals surface area contributed by atoms with Gasteiger partial charge in [-0.05, 0) is 60.0 Å². The zero-order chi connectivity index (χ0) is 26.2. The predicted molar refractivity (Wildman–Crippen MR) is 136 cm³/mol. The highest BCUT2D eigenvalue weighted by atomic mass is 35.5. The van der Waals surface area contributed by atoms with E-state index >= 15 is 0 Å². The molecular formula is C28H22ClN3O6. The number of aromatic hydroxyl groups is 1. The highest BCUT2D eigenvalue weighted by molar-refractivity contribution is 6.31. The maximum atomic E-state index is 14.0. The number of halogens is 1. The third kappa shape index (κ3) is 3.25. The van der Waals surface area contributed by atoms with Crippen molar-refractivity contribution in [1.82, 2.24) is 10.2 Å². The number of anilines is 1. The molecule has 9 nitrogen and oxygen atoms in total. The van der Waals surface area contributed by atoms with E-state index in [0.717, 1.165) is 5.56 Å². The maximum absolute atomic E-state index is 14.0. The first-order valence-corrected chi connectivity index (χ1v) is 12.6. The van der Waals surface area contributed by atoms with Crippen LogP contribution >= 0.6 is 11.6 Å². The second-order valence-electron chi connectivity index (χ2n) is 10.0. The van der Waals surface area contributed by atoms with Crippen molar-refractivity contribution in [2.24, 2.45) is 11.8 Å². The fraction of sp³-hybridized carbons (Fsp3) is 0.250. The van der Waals surface area contributed by atoms with Crippen molar-refractivity contribution in [3.05, 3.63) is 82.4 Å². The summed E-state index contributed by atoms with van der Waals surface area (Å²) < 4.78 is 10.8. The van der Waals surface area contributed by atoms with Crippen LogP contribution in [0.5, 0.6) is 17.2 Å². The molecule has 0 saturated carbocycles. The number of imide groups is 1. The van der Waals surface area contributed by atoms with Crippen molar-refractivity contribution in [2.45, 2.75) is 24.5 Å². The summed E-state index contributed by atoms with van der Waals surface area (Å²) >= 11 is 6.33. The molecule has 3 aromatic rings. The lowest BCUT2D eigenvalue weighted by Gasteiger charge is -2.29. The van der Waals surface area contributed by atoms with Gasteiger partial charge in [0.1, 0.15) is 11.3 Å². The van der Waals surface area contributed by atoms with E-state index in [0.29, 0.717) is 39.8 Å². The number of likely N-dealkylation sites (tertiary alicyclic amines) is 1. The Morgan fingerprint density at radius 2 is 1.71 bits per heavy atom. The minimum Gasteiger partial charge on any atom is -0.508 e. The SMILES string of the molecule is O=C1[C@H]2[C@@H](C(=O)N1Cc1ccc3c(c1)OCO3)[C@@]1(N[C@@H]2Cc2ccc(O)cc2)C(=O)Nc2ccc(Cl)cc21. The molecule has 0 radical (unpaired) electrons. The van der Waals surface area contributed by atoms with E-state index in [4.69, 9.17) is 21.1 Å². The molecule has 192 valence electrons. The van der Waals surface area contributed by atoms with E-state index in [1.807, 2.05) is 0 Å². The van der Waals surface area contributed by atoms with Gasteiger partial charge >= 0.3 is 0 Å². The minimum atomic E-state index is -1.44. The van der Waals surface area contributed by atoms with Gasteiger partial charge in [0.15, 0.2) is 11.5 Å². The number of rotatable bonds is 4. The van der Waals surface area contributed by atoms with Crippen LogP contribution in [0.4, 0.5) is 5.69 Å². The van der Waals surface area contributed by atoms with Crippen LogP contribution in [0.1, 0.15) is 16.7 Å². The summed E-state index contributed by atoms with van der Waals surface area (Å²) in [7, 11) is 0. The summed E-state index contributed by atoms with van der Waals surface area (Å²) in [5.41, 5.74) is 1.25. The first-order chi connectivity index (χ1) is 18.3. The zero-order valence-corrected chi connectivity index (χ0v) is 20.7. The van der Waals surface area contributed by atoms with E-state index in [1.165, 1.54) is 4.90 Å². The summed E-state index contributed by atoms with van der Waals surface area (Å²) in [5.74, 6) is -1.57. The molecule has 3 amide bonds. The van der Waals surface area contributed by atoms with Gasteiger partial charge in [0.2, 0.25) is 24.5 Å². The number of ether oxygens (including phenoxy) is 2. The standard InChI is InChI=1S/C28H22ClN3O6/c29-16-4-7-19-18(11-16)28(27(36)30-19)24-23(20(31-28)9-14-1-5-17(33)6-2-14)25(34)32(26(24)35)12-15-3-8-21-22(10-15)38-13-37-21/h1-8,10-11,20,23-24,31,33H,9,12-13H2,(H,30,36)/t20-,23-,24+,28-/m1/s1. The third-order valence-electron chi connectivity index (χ3n) is 7.94. The van der Waals surface area contributed by atoms with Gasteiger partial charge in [0.05, 0.1) is 18.4 Å². The number of nitrogens with one attached hydrogen (secondary N) is 2. The van der Waals surface area contributed by atoms with Crippen LogP contribution < -0.4 is 20.1 Å². The van der Waals surface area contributed by atoms with Gasteiger partial charge in [0, 0.05) is 22.3 Å². The molecule has 0 aliphatic carbocycles. The molecule has 1 spiro atoms. The van der Waals surface area contributed by atoms with Crippen LogP contribution in [0.25, 0.3) is 0 Å². The van der Waals surface area contributed by atoms with Gasteiger partial charge in [-0.3, -0.25) is 24.6 Å².